The van der Waals surface area contributed by atoms with E-state index in [1.54, 1.807) is 9.80 Å². The number of fused-ring (bicyclic) bond motifs is 2. The number of hydrogen-bond donors (Lipinski definition) is 2. The van der Waals surface area contributed by atoms with Gasteiger partial charge >= 0.3 is 6.09 Å². The monoisotopic (exact) mass is 496 g/mol. The Labute approximate surface area is 206 Å². The molecule has 8 nitrogen and oxygen atoms in total. The van der Waals surface area contributed by atoms with E-state index in [0.717, 1.165) is 22.5 Å². The summed E-state index contributed by atoms with van der Waals surface area (Å²) in [6.07, 6.45) is -0.395. The number of para-hydroxylation sites is 1. The van der Waals surface area contributed by atoms with Gasteiger partial charge in [-0.05, 0) is 43.3 Å². The lowest BCUT2D eigenvalue weighted by molar-refractivity contribution is -0.146. The van der Waals surface area contributed by atoms with Crippen molar-refractivity contribution in [3.63, 3.8) is 0 Å². The largest absolute Gasteiger partial charge is 0.447 e. The van der Waals surface area contributed by atoms with Crippen molar-refractivity contribution in [3.05, 3.63) is 59.7 Å². The van der Waals surface area contributed by atoms with Crippen molar-refractivity contribution < 1.29 is 29.0 Å². The first-order chi connectivity index (χ1) is 16.7. The molecule has 2 aromatic carbocycles. The Bertz CT molecular complexity index is 1150. The molecule has 1 spiro atoms. The van der Waals surface area contributed by atoms with E-state index in [9.17, 15) is 19.5 Å². The van der Waals surface area contributed by atoms with Crippen LogP contribution in [0.4, 0.5) is 16.2 Å². The van der Waals surface area contributed by atoms with Crippen LogP contribution in [0.15, 0.2) is 48.5 Å². The summed E-state index contributed by atoms with van der Waals surface area (Å²) in [6, 6.07) is 15.3. The lowest BCUT2D eigenvalue weighted by Gasteiger charge is -2.32. The van der Waals surface area contributed by atoms with Gasteiger partial charge in [0, 0.05) is 29.3 Å². The van der Waals surface area contributed by atoms with Gasteiger partial charge in [0.1, 0.15) is 6.61 Å². The Balaban J connectivity index is 1.52. The maximum atomic E-state index is 14.2. The van der Waals surface area contributed by atoms with Crippen molar-refractivity contribution in [3.8, 4) is 0 Å². The molecule has 5 rings (SSSR count). The molecule has 2 N–H and O–H groups in total. The molecule has 0 bridgehead atoms. The van der Waals surface area contributed by atoms with E-state index >= 15 is 0 Å². The van der Waals surface area contributed by atoms with Gasteiger partial charge in [-0.1, -0.05) is 37.3 Å². The Morgan fingerprint density at radius 1 is 1.14 bits per heavy atom. The number of ether oxygens (including phenoxy) is 2. The van der Waals surface area contributed by atoms with Crippen molar-refractivity contribution in [1.82, 2.24) is 0 Å². The van der Waals surface area contributed by atoms with E-state index in [1.165, 1.54) is 0 Å². The molecular formula is C26H32N2O6Si. The summed E-state index contributed by atoms with van der Waals surface area (Å²) in [5.74, 6) is -0.407. The smallest absolute Gasteiger partial charge is 0.414 e. The molecule has 4 atom stereocenters. The van der Waals surface area contributed by atoms with Gasteiger partial charge in [0.25, 0.3) is 5.91 Å². The summed E-state index contributed by atoms with van der Waals surface area (Å²) >= 11 is 0. The van der Waals surface area contributed by atoms with Gasteiger partial charge in [-0.3, -0.25) is 9.69 Å². The van der Waals surface area contributed by atoms with Crippen LogP contribution in [0, 0.1) is 5.92 Å². The van der Waals surface area contributed by atoms with Crippen molar-refractivity contribution in [2.75, 3.05) is 29.6 Å². The maximum absolute atomic E-state index is 14.2. The number of benzene rings is 2. The van der Waals surface area contributed by atoms with Crippen molar-refractivity contribution in [2.45, 2.75) is 50.2 Å². The number of carbonyl (C=O) groups is 2. The summed E-state index contributed by atoms with van der Waals surface area (Å²) in [7, 11) is -2.71. The average Bonchev–Trinajstić information content (AvgIpc) is 3.44. The van der Waals surface area contributed by atoms with Crippen LogP contribution in [-0.4, -0.2) is 56.1 Å². The molecule has 0 unspecified atom stereocenters. The maximum Gasteiger partial charge on any atom is 0.414 e. The molecule has 2 amide bonds. The molecule has 0 aromatic heterocycles. The molecule has 9 heteroatoms. The second-order valence-corrected chi connectivity index (χ2v) is 14.2. The highest BCUT2D eigenvalue weighted by atomic mass is 28.4. The topological polar surface area (TPSA) is 99.5 Å². The van der Waals surface area contributed by atoms with Crippen molar-refractivity contribution in [2.24, 2.45) is 5.92 Å². The standard InChI is InChI=1S/C26H32N2O6Si/c1-17-23(35(2,3)32)22(11-13-29)34-26(17)20-9-4-5-10-21(20)28(24(26)30)16-18-7-6-8-19(15-18)27-12-14-33-25(27)31/h4-10,15,17,22-23,29,32H,11-14,16H2,1-3H3/t17-,22+,23-,26+/m1/s1. The van der Waals surface area contributed by atoms with Crippen LogP contribution in [0.2, 0.25) is 18.6 Å². The second-order valence-electron chi connectivity index (χ2n) is 10.2. The fourth-order valence-corrected chi connectivity index (χ4v) is 8.82. The zero-order valence-corrected chi connectivity index (χ0v) is 21.3. The molecule has 3 aliphatic heterocycles. The number of amides is 2. The number of cyclic esters (lactones) is 1. The second kappa shape index (κ2) is 8.74. The van der Waals surface area contributed by atoms with Crippen molar-refractivity contribution in [1.29, 1.82) is 0 Å². The first-order valence-corrected chi connectivity index (χ1v) is 15.2. The van der Waals surface area contributed by atoms with Crippen LogP contribution in [0.3, 0.4) is 0 Å². The van der Waals surface area contributed by atoms with E-state index in [-0.39, 0.29) is 30.1 Å². The summed E-state index contributed by atoms with van der Waals surface area (Å²) in [4.78, 5) is 40.7. The summed E-state index contributed by atoms with van der Waals surface area (Å²) in [5, 5.41) is 9.69. The minimum absolute atomic E-state index is 0.0697. The molecule has 2 saturated heterocycles. The molecule has 186 valence electrons. The summed E-state index contributed by atoms with van der Waals surface area (Å²) in [5.41, 5.74) is 1.81. The summed E-state index contributed by atoms with van der Waals surface area (Å²) in [6.45, 7) is 6.85. The third-order valence-corrected chi connectivity index (χ3v) is 10.1. The molecule has 35 heavy (non-hydrogen) atoms. The fourth-order valence-electron chi connectivity index (χ4n) is 6.22. The Kier molecular flexibility index (Phi) is 5.99. The van der Waals surface area contributed by atoms with Gasteiger partial charge < -0.3 is 24.3 Å². The SMILES string of the molecule is C[C@@H]1[C@@H]([Si](C)(C)O)[C@H](CCO)O[C@@]12C(=O)N(Cc1cccc(N3CCOC3=O)c1)c1ccccc12. The lowest BCUT2D eigenvalue weighted by Crippen LogP contribution is -2.46. The molecule has 2 fully saturated rings. The van der Waals surface area contributed by atoms with E-state index in [2.05, 4.69) is 0 Å². The van der Waals surface area contributed by atoms with Crippen LogP contribution in [0.25, 0.3) is 0 Å². The Morgan fingerprint density at radius 3 is 2.60 bits per heavy atom. The molecule has 0 radical (unpaired) electrons. The molecule has 2 aromatic rings. The first-order valence-electron chi connectivity index (χ1n) is 12.1. The van der Waals surface area contributed by atoms with Crippen LogP contribution < -0.4 is 9.80 Å². The third-order valence-electron chi connectivity index (χ3n) is 7.63. The predicted molar refractivity (Wildman–Crippen MR) is 134 cm³/mol. The number of anilines is 2. The van der Waals surface area contributed by atoms with Crippen molar-refractivity contribution >= 4 is 31.7 Å². The number of aliphatic hydroxyl groups excluding tert-OH is 1. The normalized spacial score (nSPS) is 28.2. The number of hydrogen-bond acceptors (Lipinski definition) is 6. The molecular weight excluding hydrogens is 464 g/mol. The van der Waals surface area contributed by atoms with Crippen LogP contribution in [0.1, 0.15) is 24.5 Å². The van der Waals surface area contributed by atoms with Crippen LogP contribution in [-0.2, 0) is 26.4 Å². The molecule has 0 saturated carbocycles. The Morgan fingerprint density at radius 2 is 1.91 bits per heavy atom. The predicted octanol–water partition coefficient (Wildman–Crippen LogP) is 3.37. The van der Waals surface area contributed by atoms with E-state index in [0.29, 0.717) is 26.1 Å². The highest BCUT2D eigenvalue weighted by Crippen LogP contribution is 2.59. The third kappa shape index (κ3) is 3.77. The van der Waals surface area contributed by atoms with Crippen LogP contribution >= 0.6 is 0 Å². The molecule has 3 heterocycles. The summed E-state index contributed by atoms with van der Waals surface area (Å²) < 4.78 is 11.7. The first kappa shape index (κ1) is 24.0. The van der Waals surface area contributed by atoms with E-state index in [1.807, 2.05) is 68.5 Å². The minimum atomic E-state index is -2.71. The zero-order chi connectivity index (χ0) is 25.0. The highest BCUT2D eigenvalue weighted by molar-refractivity contribution is 6.71. The van der Waals surface area contributed by atoms with Gasteiger partial charge in [-0.25, -0.2) is 4.79 Å². The molecule has 0 aliphatic carbocycles. The van der Waals surface area contributed by atoms with Gasteiger partial charge in [-0.15, -0.1) is 0 Å². The van der Waals surface area contributed by atoms with E-state index in [4.69, 9.17) is 9.47 Å². The number of nitrogens with zero attached hydrogens (tertiary/aromatic N) is 2. The minimum Gasteiger partial charge on any atom is -0.447 e. The number of carbonyl (C=O) groups excluding carboxylic acids is 2. The van der Waals surface area contributed by atoms with Gasteiger partial charge in [-0.2, -0.15) is 0 Å². The van der Waals surface area contributed by atoms with Crippen LogP contribution in [0.5, 0.6) is 0 Å². The number of aliphatic hydroxyl groups is 1. The zero-order valence-electron chi connectivity index (χ0n) is 20.3. The van der Waals surface area contributed by atoms with Gasteiger partial charge in [0.15, 0.2) is 13.9 Å². The average molecular weight is 497 g/mol. The molecule has 3 aliphatic rings. The van der Waals surface area contributed by atoms with Gasteiger partial charge in [0.2, 0.25) is 0 Å². The quantitative estimate of drug-likeness (QED) is 0.595. The van der Waals surface area contributed by atoms with E-state index < -0.39 is 20.0 Å². The van der Waals surface area contributed by atoms with Gasteiger partial charge in [0.05, 0.1) is 24.9 Å². The lowest BCUT2D eigenvalue weighted by atomic mass is 9.82. The number of rotatable bonds is 6. The Hall–Kier alpha value is -2.72. The highest BCUT2D eigenvalue weighted by Gasteiger charge is 2.65. The fraction of sp³-hybridized carbons (Fsp3) is 0.462.